The number of aryl methyl sites for hydroxylation is 1. The average Bonchev–Trinajstić information content (AvgIpc) is 2.73. The van der Waals surface area contributed by atoms with Crippen molar-refractivity contribution in [2.45, 2.75) is 6.42 Å². The summed E-state index contributed by atoms with van der Waals surface area (Å²) in [5.41, 5.74) is 3.22. The van der Waals surface area contributed by atoms with E-state index in [1.807, 2.05) is 30.1 Å². The topological polar surface area (TPSA) is 43.6 Å². The minimum absolute atomic E-state index is 0.283. The van der Waals surface area contributed by atoms with Gasteiger partial charge in [-0.25, -0.2) is 9.97 Å². The van der Waals surface area contributed by atoms with Gasteiger partial charge in [0.15, 0.2) is 0 Å². The number of halogens is 1. The van der Waals surface area contributed by atoms with Crippen molar-refractivity contribution in [2.24, 2.45) is 7.05 Å². The third kappa shape index (κ3) is 1.95. The van der Waals surface area contributed by atoms with E-state index in [-0.39, 0.29) is 5.28 Å². The summed E-state index contributed by atoms with van der Waals surface area (Å²) in [6.07, 6.45) is 4.28. The van der Waals surface area contributed by atoms with Crippen molar-refractivity contribution in [1.29, 1.82) is 0 Å². The van der Waals surface area contributed by atoms with Gasteiger partial charge in [0.2, 0.25) is 5.28 Å². The number of aromatic nitrogens is 4. The van der Waals surface area contributed by atoms with Gasteiger partial charge in [0.25, 0.3) is 0 Å². The number of hydrogen-bond donors (Lipinski definition) is 0. The van der Waals surface area contributed by atoms with E-state index in [1.54, 1.807) is 6.20 Å². The van der Waals surface area contributed by atoms with E-state index in [4.69, 9.17) is 11.6 Å². The average molecular weight is 259 g/mol. The van der Waals surface area contributed by atoms with E-state index in [0.29, 0.717) is 0 Å². The molecule has 3 rings (SSSR count). The fourth-order valence-electron chi connectivity index (χ4n) is 2.05. The Bertz CT molecular complexity index is 705. The van der Waals surface area contributed by atoms with Crippen molar-refractivity contribution >= 4 is 22.5 Å². The lowest BCUT2D eigenvalue weighted by Gasteiger charge is -2.03. The van der Waals surface area contributed by atoms with E-state index in [9.17, 15) is 0 Å². The molecule has 0 unspecified atom stereocenters. The zero-order valence-electron chi connectivity index (χ0n) is 9.84. The van der Waals surface area contributed by atoms with Gasteiger partial charge in [-0.1, -0.05) is 12.1 Å². The summed E-state index contributed by atoms with van der Waals surface area (Å²) in [7, 11) is 1.94. The van der Waals surface area contributed by atoms with Gasteiger partial charge in [-0.15, -0.1) is 0 Å². The third-order valence-corrected chi connectivity index (χ3v) is 3.12. The van der Waals surface area contributed by atoms with Crippen molar-refractivity contribution < 1.29 is 0 Å². The molecule has 0 amide bonds. The molecule has 90 valence electrons. The molecule has 0 spiro atoms. The molecule has 0 radical (unpaired) electrons. The smallest absolute Gasteiger partial charge is 0.222 e. The quantitative estimate of drug-likeness (QED) is 0.664. The van der Waals surface area contributed by atoms with Crippen LogP contribution in [0.5, 0.6) is 0 Å². The molecule has 4 nitrogen and oxygen atoms in total. The molecule has 3 aromatic rings. The molecular formula is C13H11ClN4. The second-order valence-corrected chi connectivity index (χ2v) is 4.45. The van der Waals surface area contributed by atoms with Crippen molar-refractivity contribution in [3.63, 3.8) is 0 Å². The summed E-state index contributed by atoms with van der Waals surface area (Å²) in [4.78, 5) is 8.09. The first-order valence-electron chi connectivity index (χ1n) is 5.61. The van der Waals surface area contributed by atoms with E-state index in [2.05, 4.69) is 27.2 Å². The van der Waals surface area contributed by atoms with Crippen LogP contribution in [-0.2, 0) is 13.5 Å². The Morgan fingerprint density at radius 1 is 1.28 bits per heavy atom. The lowest BCUT2D eigenvalue weighted by molar-refractivity contribution is 0.797. The number of benzene rings is 1. The minimum Gasteiger partial charge on any atom is -0.268 e. The standard InChI is InChI=1S/C13H11ClN4/c1-18-12-4-2-3-9(11(12)8-16-18)7-10-5-6-15-13(14)17-10/h2-6,8H,7H2,1H3. The van der Waals surface area contributed by atoms with Gasteiger partial charge in [0.05, 0.1) is 11.7 Å². The second-order valence-electron chi connectivity index (χ2n) is 4.11. The van der Waals surface area contributed by atoms with Crippen molar-refractivity contribution in [2.75, 3.05) is 0 Å². The molecule has 5 heteroatoms. The zero-order chi connectivity index (χ0) is 12.5. The van der Waals surface area contributed by atoms with E-state index in [1.165, 1.54) is 5.56 Å². The van der Waals surface area contributed by atoms with Crippen LogP contribution >= 0.6 is 11.6 Å². The highest BCUT2D eigenvalue weighted by molar-refractivity contribution is 6.28. The fraction of sp³-hybridized carbons (Fsp3) is 0.154. The molecule has 2 aromatic heterocycles. The van der Waals surface area contributed by atoms with E-state index >= 15 is 0 Å². The van der Waals surface area contributed by atoms with Crippen LogP contribution in [0.3, 0.4) is 0 Å². The van der Waals surface area contributed by atoms with Crippen LogP contribution in [0.25, 0.3) is 10.9 Å². The van der Waals surface area contributed by atoms with Gasteiger partial charge in [0, 0.05) is 30.7 Å². The predicted molar refractivity (Wildman–Crippen MR) is 70.6 cm³/mol. The monoisotopic (exact) mass is 258 g/mol. The van der Waals surface area contributed by atoms with E-state index < -0.39 is 0 Å². The Morgan fingerprint density at radius 3 is 3.00 bits per heavy atom. The summed E-state index contributed by atoms with van der Waals surface area (Å²) in [6, 6.07) is 8.04. The van der Waals surface area contributed by atoms with Gasteiger partial charge < -0.3 is 0 Å². The lowest BCUT2D eigenvalue weighted by atomic mass is 10.1. The van der Waals surface area contributed by atoms with Gasteiger partial charge in [-0.2, -0.15) is 5.10 Å². The summed E-state index contributed by atoms with van der Waals surface area (Å²) in [6.45, 7) is 0. The normalized spacial score (nSPS) is 11.0. The molecular weight excluding hydrogens is 248 g/mol. The Labute approximate surface area is 109 Å². The summed E-state index contributed by atoms with van der Waals surface area (Å²) < 4.78 is 1.87. The van der Waals surface area contributed by atoms with Crippen LogP contribution in [0.1, 0.15) is 11.3 Å². The Kier molecular flexibility index (Phi) is 2.72. The number of fused-ring (bicyclic) bond motifs is 1. The zero-order valence-corrected chi connectivity index (χ0v) is 10.6. The molecule has 0 aliphatic rings. The SMILES string of the molecule is Cn1ncc2c(Cc3ccnc(Cl)n3)cccc21. The van der Waals surface area contributed by atoms with Crippen LogP contribution in [0.2, 0.25) is 5.28 Å². The summed E-state index contributed by atoms with van der Waals surface area (Å²) in [5.74, 6) is 0. The molecule has 0 saturated heterocycles. The highest BCUT2D eigenvalue weighted by Crippen LogP contribution is 2.20. The second kappa shape index (κ2) is 4.38. The number of rotatable bonds is 2. The van der Waals surface area contributed by atoms with Gasteiger partial charge in [-0.3, -0.25) is 4.68 Å². The number of hydrogen-bond acceptors (Lipinski definition) is 3. The first-order chi connectivity index (χ1) is 8.74. The first kappa shape index (κ1) is 11.2. The van der Waals surface area contributed by atoms with Crippen LogP contribution in [0.15, 0.2) is 36.7 Å². The largest absolute Gasteiger partial charge is 0.268 e. The highest BCUT2D eigenvalue weighted by atomic mass is 35.5. The maximum atomic E-state index is 5.79. The van der Waals surface area contributed by atoms with Crippen molar-refractivity contribution in [1.82, 2.24) is 19.7 Å². The highest BCUT2D eigenvalue weighted by Gasteiger charge is 2.06. The molecule has 0 N–H and O–H groups in total. The Morgan fingerprint density at radius 2 is 2.17 bits per heavy atom. The molecule has 0 fully saturated rings. The van der Waals surface area contributed by atoms with Crippen LogP contribution in [-0.4, -0.2) is 19.7 Å². The minimum atomic E-state index is 0.283. The summed E-state index contributed by atoms with van der Waals surface area (Å²) in [5, 5.41) is 5.70. The molecule has 0 aliphatic carbocycles. The first-order valence-corrected chi connectivity index (χ1v) is 5.99. The number of nitrogens with zero attached hydrogens (tertiary/aromatic N) is 4. The van der Waals surface area contributed by atoms with Crippen LogP contribution in [0.4, 0.5) is 0 Å². The van der Waals surface area contributed by atoms with Crippen molar-refractivity contribution in [3.8, 4) is 0 Å². The van der Waals surface area contributed by atoms with Gasteiger partial charge >= 0.3 is 0 Å². The molecule has 0 bridgehead atoms. The maximum Gasteiger partial charge on any atom is 0.222 e. The fourth-order valence-corrected chi connectivity index (χ4v) is 2.22. The molecule has 0 aliphatic heterocycles. The molecule has 0 saturated carbocycles. The molecule has 2 heterocycles. The third-order valence-electron chi connectivity index (χ3n) is 2.94. The Hall–Kier alpha value is -1.94. The molecule has 18 heavy (non-hydrogen) atoms. The lowest BCUT2D eigenvalue weighted by Crippen LogP contribution is -1.95. The van der Waals surface area contributed by atoms with Crippen molar-refractivity contribution in [3.05, 3.63) is 53.2 Å². The maximum absolute atomic E-state index is 5.79. The van der Waals surface area contributed by atoms with Crippen LogP contribution in [0, 0.1) is 0 Å². The van der Waals surface area contributed by atoms with E-state index in [0.717, 1.165) is 23.0 Å². The van der Waals surface area contributed by atoms with Gasteiger partial charge in [-0.05, 0) is 29.3 Å². The van der Waals surface area contributed by atoms with Crippen LogP contribution < -0.4 is 0 Å². The summed E-state index contributed by atoms with van der Waals surface area (Å²) >= 11 is 5.79. The van der Waals surface area contributed by atoms with Gasteiger partial charge in [0.1, 0.15) is 0 Å². The predicted octanol–water partition coefficient (Wildman–Crippen LogP) is 2.61. The Balaban J connectivity index is 2.05. The molecule has 1 aromatic carbocycles. The molecule has 0 atom stereocenters.